The topological polar surface area (TPSA) is 50.8 Å². The number of benzene rings is 5. The summed E-state index contributed by atoms with van der Waals surface area (Å²) in [5.74, 6) is 0.958. The number of nitrogens with one attached hydrogen (secondary N) is 1. The van der Waals surface area contributed by atoms with Crippen LogP contribution >= 0.6 is 11.6 Å². The molecule has 2 aliphatic rings. The number of rotatable bonds is 5. The second-order valence-corrected chi connectivity index (χ2v) is 11.2. The molecule has 0 aromatic heterocycles. The summed E-state index contributed by atoms with van der Waals surface area (Å²) in [6.07, 6.45) is 0. The fraction of sp³-hybridized carbons (Fsp3) is 0.139. The van der Waals surface area contributed by atoms with Crippen molar-refractivity contribution in [3.63, 3.8) is 0 Å². The van der Waals surface area contributed by atoms with E-state index in [-0.39, 0.29) is 5.97 Å². The van der Waals surface area contributed by atoms with Crippen LogP contribution in [0.2, 0.25) is 5.02 Å². The van der Waals surface area contributed by atoms with Crippen LogP contribution in [0.15, 0.2) is 103 Å². The van der Waals surface area contributed by atoms with Gasteiger partial charge in [0.1, 0.15) is 11.5 Å². The molecule has 6 heteroatoms. The molecule has 0 amide bonds. The van der Waals surface area contributed by atoms with E-state index in [0.717, 1.165) is 51.5 Å². The van der Waals surface area contributed by atoms with Gasteiger partial charge in [-0.25, -0.2) is 4.79 Å². The highest BCUT2D eigenvalue weighted by Gasteiger charge is 2.53. The quantitative estimate of drug-likeness (QED) is 0.213. The maximum atomic E-state index is 13.4. The predicted molar refractivity (Wildman–Crippen MR) is 168 cm³/mol. The lowest BCUT2D eigenvalue weighted by Crippen LogP contribution is -2.33. The summed E-state index contributed by atoms with van der Waals surface area (Å²) in [6.45, 7) is 6.96. The lowest BCUT2D eigenvalue weighted by molar-refractivity contribution is 0.0224. The van der Waals surface area contributed by atoms with Crippen molar-refractivity contribution in [3.05, 3.63) is 142 Å². The van der Waals surface area contributed by atoms with Crippen LogP contribution in [0, 0.1) is 13.8 Å². The van der Waals surface area contributed by atoms with Crippen LogP contribution in [0.5, 0.6) is 11.5 Å². The molecule has 42 heavy (non-hydrogen) atoms. The smallest absolute Gasteiger partial charge is 0.340 e. The summed E-state index contributed by atoms with van der Waals surface area (Å²) in [7, 11) is 0. The summed E-state index contributed by atoms with van der Waals surface area (Å²) in [5, 5.41) is 4.25. The van der Waals surface area contributed by atoms with Gasteiger partial charge in [-0.2, -0.15) is 0 Å². The summed E-state index contributed by atoms with van der Waals surface area (Å²) in [6, 6.07) is 33.9. The van der Waals surface area contributed by atoms with Gasteiger partial charge in [-0.05, 0) is 93.1 Å². The van der Waals surface area contributed by atoms with E-state index in [4.69, 9.17) is 21.1 Å². The first kappa shape index (κ1) is 26.2. The van der Waals surface area contributed by atoms with Crippen LogP contribution in [-0.2, 0) is 10.3 Å². The highest BCUT2D eigenvalue weighted by molar-refractivity contribution is 6.30. The third kappa shape index (κ3) is 4.12. The third-order valence-corrected chi connectivity index (χ3v) is 8.39. The zero-order valence-corrected chi connectivity index (χ0v) is 24.3. The van der Waals surface area contributed by atoms with Crippen molar-refractivity contribution in [1.82, 2.24) is 0 Å². The summed E-state index contributed by atoms with van der Waals surface area (Å²) in [4.78, 5) is 15.6. The molecule has 0 saturated carbocycles. The Bertz CT molecular complexity index is 1850. The van der Waals surface area contributed by atoms with Crippen LogP contribution in [-0.4, -0.2) is 12.5 Å². The number of hydrogen-bond donors (Lipinski definition) is 1. The van der Waals surface area contributed by atoms with Crippen molar-refractivity contribution >= 4 is 40.3 Å². The van der Waals surface area contributed by atoms with Gasteiger partial charge in [0.05, 0.1) is 5.56 Å². The van der Waals surface area contributed by atoms with Crippen molar-refractivity contribution in [2.45, 2.75) is 26.4 Å². The van der Waals surface area contributed by atoms with E-state index >= 15 is 0 Å². The number of aryl methyl sites for hydroxylation is 2. The van der Waals surface area contributed by atoms with Gasteiger partial charge in [0.15, 0.2) is 5.60 Å². The molecule has 1 N–H and O–H groups in total. The van der Waals surface area contributed by atoms with Gasteiger partial charge >= 0.3 is 5.97 Å². The van der Waals surface area contributed by atoms with Crippen LogP contribution in [0.3, 0.4) is 0 Å². The first-order valence-electron chi connectivity index (χ1n) is 14.0. The molecule has 5 aromatic rings. The molecule has 0 fully saturated rings. The highest BCUT2D eigenvalue weighted by Crippen LogP contribution is 2.57. The summed E-state index contributed by atoms with van der Waals surface area (Å²) in [5.41, 5.74) is 7.87. The number of hydrogen-bond acceptors (Lipinski definition) is 5. The van der Waals surface area contributed by atoms with Crippen LogP contribution in [0.25, 0.3) is 0 Å². The zero-order chi connectivity index (χ0) is 29.0. The van der Waals surface area contributed by atoms with Gasteiger partial charge in [0.25, 0.3) is 0 Å². The van der Waals surface area contributed by atoms with E-state index < -0.39 is 5.60 Å². The molecule has 5 nitrogen and oxygen atoms in total. The van der Waals surface area contributed by atoms with Crippen LogP contribution in [0.4, 0.5) is 22.7 Å². The minimum absolute atomic E-state index is 0.349. The molecule has 1 atom stereocenters. The number of ether oxygens (including phenoxy) is 2. The van der Waals surface area contributed by atoms with Gasteiger partial charge in [-0.15, -0.1) is 0 Å². The molecule has 0 aliphatic carbocycles. The number of nitrogens with zero attached hydrogens (tertiary/aromatic N) is 1. The van der Waals surface area contributed by atoms with Crippen LogP contribution in [0.1, 0.15) is 45.1 Å². The number of carbonyl (C=O) groups excluding carboxylic acids is 1. The van der Waals surface area contributed by atoms with E-state index in [1.54, 1.807) is 0 Å². The summed E-state index contributed by atoms with van der Waals surface area (Å²) < 4.78 is 13.1. The molecule has 0 saturated heterocycles. The Hall–Kier alpha value is -4.74. The van der Waals surface area contributed by atoms with E-state index in [2.05, 4.69) is 60.5 Å². The first-order chi connectivity index (χ1) is 20.4. The monoisotopic (exact) mass is 572 g/mol. The van der Waals surface area contributed by atoms with Crippen molar-refractivity contribution in [2.75, 3.05) is 16.8 Å². The number of esters is 1. The minimum atomic E-state index is -1.15. The van der Waals surface area contributed by atoms with E-state index in [0.29, 0.717) is 22.1 Å². The van der Waals surface area contributed by atoms with E-state index in [9.17, 15) is 4.79 Å². The maximum absolute atomic E-state index is 13.4. The molecule has 2 heterocycles. The molecule has 7 rings (SSSR count). The molecule has 1 spiro atoms. The van der Waals surface area contributed by atoms with E-state index in [1.165, 1.54) is 5.56 Å². The molecule has 0 bridgehead atoms. The van der Waals surface area contributed by atoms with E-state index in [1.807, 2.05) is 73.7 Å². The lowest BCUT2D eigenvalue weighted by atomic mass is 9.77. The predicted octanol–water partition coefficient (Wildman–Crippen LogP) is 9.43. The van der Waals surface area contributed by atoms with Gasteiger partial charge in [-0.1, -0.05) is 47.5 Å². The molecule has 5 aromatic carbocycles. The molecular weight excluding hydrogens is 544 g/mol. The van der Waals surface area contributed by atoms with Crippen molar-refractivity contribution < 1.29 is 14.3 Å². The standard InChI is InChI=1S/C36H29ClN2O3/c1-4-39(26-15-11-24(37)12-16-26)27-17-18-30-34(20-27)41-33-19-23(3)32(38-25-13-9-22(2)10-14-25)21-31(33)36(30)29-8-6-5-7-28(29)35(40)42-36/h5-21,38H,4H2,1-3H3. The molecular formula is C36H29ClN2O3. The Balaban J connectivity index is 1.40. The average molecular weight is 573 g/mol. The first-order valence-corrected chi connectivity index (χ1v) is 14.4. The molecule has 2 aliphatic heterocycles. The zero-order valence-electron chi connectivity index (χ0n) is 23.6. The average Bonchev–Trinajstić information content (AvgIpc) is 3.29. The van der Waals surface area contributed by atoms with Crippen LogP contribution < -0.4 is 15.0 Å². The Kier molecular flexibility index (Phi) is 6.21. The fourth-order valence-corrected chi connectivity index (χ4v) is 6.16. The van der Waals surface area contributed by atoms with Gasteiger partial charge in [0, 0.05) is 57.1 Å². The molecule has 208 valence electrons. The Labute approximate surface area is 250 Å². The van der Waals surface area contributed by atoms with Gasteiger partial charge < -0.3 is 19.7 Å². The Morgan fingerprint density at radius 2 is 1.50 bits per heavy atom. The normalized spacial score (nSPS) is 16.2. The number of carbonyl (C=O) groups is 1. The van der Waals surface area contributed by atoms with Gasteiger partial charge in [-0.3, -0.25) is 0 Å². The number of anilines is 4. The Morgan fingerprint density at radius 3 is 2.26 bits per heavy atom. The SMILES string of the molecule is CCN(c1ccc(Cl)cc1)c1ccc2c(c1)Oc1cc(C)c(Nc3ccc(C)cc3)cc1C21OC(=O)c2ccccc21. The lowest BCUT2D eigenvalue weighted by Gasteiger charge is -2.38. The maximum Gasteiger partial charge on any atom is 0.340 e. The fourth-order valence-electron chi connectivity index (χ4n) is 6.04. The summed E-state index contributed by atoms with van der Waals surface area (Å²) >= 11 is 6.16. The number of fused-ring (bicyclic) bond motifs is 6. The Morgan fingerprint density at radius 1 is 0.786 bits per heavy atom. The highest BCUT2D eigenvalue weighted by atomic mass is 35.5. The second kappa shape index (κ2) is 9.97. The van der Waals surface area contributed by atoms with Gasteiger partial charge in [0.2, 0.25) is 0 Å². The number of halogens is 1. The minimum Gasteiger partial charge on any atom is -0.456 e. The van der Waals surface area contributed by atoms with Crippen molar-refractivity contribution in [1.29, 1.82) is 0 Å². The third-order valence-electron chi connectivity index (χ3n) is 8.14. The van der Waals surface area contributed by atoms with Crippen molar-refractivity contribution in [2.24, 2.45) is 0 Å². The van der Waals surface area contributed by atoms with Crippen molar-refractivity contribution in [3.8, 4) is 11.5 Å². The second-order valence-electron chi connectivity index (χ2n) is 10.8. The molecule has 0 radical (unpaired) electrons. The molecule has 1 unspecified atom stereocenters. The largest absolute Gasteiger partial charge is 0.456 e.